The molecule has 0 amide bonds. The Morgan fingerprint density at radius 3 is 2.75 bits per heavy atom. The monoisotopic (exact) mass is 114 g/mol. The summed E-state index contributed by atoms with van der Waals surface area (Å²) in [6, 6.07) is 2.01. The average Bonchev–Trinajstić information content (AvgIpc) is 2.14. The second-order valence-corrected chi connectivity index (χ2v) is 1.98. The fraction of sp³-hybridized carbons (Fsp3) is 0.800. The molecule has 1 aliphatic rings. The molecule has 1 rings (SSSR count). The highest BCUT2D eigenvalue weighted by molar-refractivity contribution is 4.88. The highest BCUT2D eigenvalue weighted by Gasteiger charge is 2.20. The number of hydrogen-bond acceptors (Lipinski definition) is 2. The van der Waals surface area contributed by atoms with Gasteiger partial charge in [-0.25, -0.2) is 0 Å². The first-order valence-electron chi connectivity index (χ1n) is 2.63. The van der Waals surface area contributed by atoms with Crippen LogP contribution in [0.15, 0.2) is 0 Å². The highest BCUT2D eigenvalue weighted by Crippen LogP contribution is 2.14. The van der Waals surface area contributed by atoms with Crippen LogP contribution in [-0.2, 0) is 0 Å². The molecule has 44 valence electrons. The van der Waals surface area contributed by atoms with Gasteiger partial charge in [0, 0.05) is 13.1 Å². The molecule has 0 aromatic rings. The fourth-order valence-corrected chi connectivity index (χ4v) is 0.823. The Morgan fingerprint density at radius 2 is 2.50 bits per heavy atom. The van der Waals surface area contributed by atoms with E-state index in [9.17, 15) is 4.48 Å². The standard InChI is InChI=1S/C5H7FN2/c6-8-2-1-5(3-7)4-8/h5H,1-2,4H2. The van der Waals surface area contributed by atoms with E-state index in [1.165, 1.54) is 0 Å². The normalized spacial score (nSPS) is 30.2. The summed E-state index contributed by atoms with van der Waals surface area (Å²) in [6.45, 7) is 0.731. The quantitative estimate of drug-likeness (QED) is 0.434. The maximum absolute atomic E-state index is 12.0. The summed E-state index contributed by atoms with van der Waals surface area (Å²) in [6.07, 6.45) is 0.688. The molecule has 0 spiro atoms. The summed E-state index contributed by atoms with van der Waals surface area (Å²) in [4.78, 5) is 0. The van der Waals surface area contributed by atoms with Gasteiger partial charge in [0.1, 0.15) is 0 Å². The smallest absolute Gasteiger partial charge is 0.0670 e. The predicted octanol–water partition coefficient (Wildman–Crippen LogP) is 0.716. The summed E-state index contributed by atoms with van der Waals surface area (Å²) in [7, 11) is 0. The first kappa shape index (κ1) is 5.52. The third kappa shape index (κ3) is 0.958. The summed E-state index contributed by atoms with van der Waals surface area (Å²) < 4.78 is 12.0. The summed E-state index contributed by atoms with van der Waals surface area (Å²) in [5.74, 6) is -0.0694. The average molecular weight is 114 g/mol. The lowest BCUT2D eigenvalue weighted by Gasteiger charge is -1.95. The molecule has 1 atom stereocenters. The highest BCUT2D eigenvalue weighted by atomic mass is 19.2. The van der Waals surface area contributed by atoms with Crippen LogP contribution in [0.2, 0.25) is 0 Å². The number of nitrogens with zero attached hydrogens (tertiary/aromatic N) is 2. The van der Waals surface area contributed by atoms with Crippen molar-refractivity contribution >= 4 is 0 Å². The summed E-state index contributed by atoms with van der Waals surface area (Å²) in [5.41, 5.74) is 0. The summed E-state index contributed by atoms with van der Waals surface area (Å²) >= 11 is 0. The lowest BCUT2D eigenvalue weighted by Crippen LogP contribution is -2.07. The van der Waals surface area contributed by atoms with Gasteiger partial charge in [-0.15, -0.1) is 9.60 Å². The predicted molar refractivity (Wildman–Crippen MR) is 26.4 cm³/mol. The third-order valence-electron chi connectivity index (χ3n) is 1.32. The van der Waals surface area contributed by atoms with E-state index in [1.807, 2.05) is 6.07 Å². The Morgan fingerprint density at radius 1 is 1.75 bits per heavy atom. The van der Waals surface area contributed by atoms with Gasteiger partial charge in [0.15, 0.2) is 0 Å². The fourth-order valence-electron chi connectivity index (χ4n) is 0.823. The third-order valence-corrected chi connectivity index (χ3v) is 1.32. The van der Waals surface area contributed by atoms with Gasteiger partial charge in [-0.3, -0.25) is 0 Å². The van der Waals surface area contributed by atoms with Gasteiger partial charge in [0.05, 0.1) is 12.0 Å². The maximum Gasteiger partial charge on any atom is 0.0670 e. The molecule has 1 aliphatic heterocycles. The molecule has 8 heavy (non-hydrogen) atoms. The first-order chi connectivity index (χ1) is 3.83. The van der Waals surface area contributed by atoms with E-state index in [0.717, 1.165) is 0 Å². The first-order valence-corrected chi connectivity index (χ1v) is 2.63. The van der Waals surface area contributed by atoms with Crippen molar-refractivity contribution in [2.24, 2.45) is 5.92 Å². The van der Waals surface area contributed by atoms with Crippen LogP contribution in [0.5, 0.6) is 0 Å². The van der Waals surface area contributed by atoms with Gasteiger partial charge in [0.2, 0.25) is 0 Å². The van der Waals surface area contributed by atoms with Crippen LogP contribution in [0.3, 0.4) is 0 Å². The van der Waals surface area contributed by atoms with Crippen molar-refractivity contribution in [3.63, 3.8) is 0 Å². The molecule has 1 saturated heterocycles. The van der Waals surface area contributed by atoms with E-state index in [0.29, 0.717) is 24.6 Å². The molecule has 0 aliphatic carbocycles. The molecule has 0 saturated carbocycles. The largest absolute Gasteiger partial charge is 0.198 e. The van der Waals surface area contributed by atoms with Crippen LogP contribution in [0.1, 0.15) is 6.42 Å². The van der Waals surface area contributed by atoms with Gasteiger partial charge in [-0.2, -0.15) is 5.26 Å². The van der Waals surface area contributed by atoms with Crippen molar-refractivity contribution in [2.75, 3.05) is 13.1 Å². The van der Waals surface area contributed by atoms with Crippen LogP contribution in [-0.4, -0.2) is 18.2 Å². The van der Waals surface area contributed by atoms with E-state index in [1.54, 1.807) is 0 Å². The minimum Gasteiger partial charge on any atom is -0.198 e. The minimum atomic E-state index is -0.0694. The van der Waals surface area contributed by atoms with Crippen LogP contribution in [0.25, 0.3) is 0 Å². The topological polar surface area (TPSA) is 27.0 Å². The van der Waals surface area contributed by atoms with Gasteiger partial charge in [0.25, 0.3) is 0 Å². The van der Waals surface area contributed by atoms with Crippen molar-refractivity contribution in [2.45, 2.75) is 6.42 Å². The van der Waals surface area contributed by atoms with Gasteiger partial charge in [-0.1, -0.05) is 0 Å². The Kier molecular flexibility index (Phi) is 1.45. The molecule has 2 nitrogen and oxygen atoms in total. The molecule has 3 heteroatoms. The van der Waals surface area contributed by atoms with Gasteiger partial charge < -0.3 is 0 Å². The second-order valence-electron chi connectivity index (χ2n) is 1.98. The minimum absolute atomic E-state index is 0.0694. The van der Waals surface area contributed by atoms with Crippen LogP contribution in [0, 0.1) is 17.2 Å². The van der Waals surface area contributed by atoms with E-state index >= 15 is 0 Å². The zero-order valence-electron chi connectivity index (χ0n) is 4.47. The van der Waals surface area contributed by atoms with Crippen molar-refractivity contribution in [3.8, 4) is 6.07 Å². The molecule has 0 bridgehead atoms. The molecular weight excluding hydrogens is 107 g/mol. The lowest BCUT2D eigenvalue weighted by molar-refractivity contribution is 0.0546. The van der Waals surface area contributed by atoms with Crippen molar-refractivity contribution in [1.82, 2.24) is 5.12 Å². The Bertz CT molecular complexity index is 118. The van der Waals surface area contributed by atoms with Crippen molar-refractivity contribution < 1.29 is 4.48 Å². The molecule has 0 N–H and O–H groups in total. The summed E-state index contributed by atoms with van der Waals surface area (Å²) in [5, 5.41) is 8.93. The second kappa shape index (κ2) is 2.10. The van der Waals surface area contributed by atoms with Crippen LogP contribution < -0.4 is 0 Å². The lowest BCUT2D eigenvalue weighted by atomic mass is 10.1. The zero-order chi connectivity index (χ0) is 5.98. The Balaban J connectivity index is 2.35. The molecular formula is C5H7FN2. The Hall–Kier alpha value is -0.620. The van der Waals surface area contributed by atoms with E-state index < -0.39 is 0 Å². The zero-order valence-corrected chi connectivity index (χ0v) is 4.47. The maximum atomic E-state index is 12.0. The number of rotatable bonds is 0. The van der Waals surface area contributed by atoms with Crippen molar-refractivity contribution in [1.29, 1.82) is 5.26 Å². The van der Waals surface area contributed by atoms with Crippen LogP contribution >= 0.6 is 0 Å². The van der Waals surface area contributed by atoms with E-state index in [2.05, 4.69) is 0 Å². The van der Waals surface area contributed by atoms with Crippen molar-refractivity contribution in [3.05, 3.63) is 0 Å². The number of hydrogen-bond donors (Lipinski definition) is 0. The van der Waals surface area contributed by atoms with Gasteiger partial charge in [-0.05, 0) is 6.42 Å². The molecule has 0 aromatic carbocycles. The van der Waals surface area contributed by atoms with E-state index in [-0.39, 0.29) is 5.92 Å². The van der Waals surface area contributed by atoms with Crippen LogP contribution in [0.4, 0.5) is 4.48 Å². The Labute approximate surface area is 47.4 Å². The number of halogens is 1. The van der Waals surface area contributed by atoms with Gasteiger partial charge >= 0.3 is 0 Å². The molecule has 0 radical (unpaired) electrons. The SMILES string of the molecule is N#CC1CCN(F)C1. The molecule has 1 heterocycles. The molecule has 0 aromatic heterocycles. The number of nitriles is 1. The van der Waals surface area contributed by atoms with E-state index in [4.69, 9.17) is 5.26 Å². The molecule has 1 fully saturated rings. The molecule has 1 unspecified atom stereocenters.